The van der Waals surface area contributed by atoms with E-state index < -0.39 is 0 Å². The van der Waals surface area contributed by atoms with Crippen LogP contribution in [0.15, 0.2) is 42.5 Å². The van der Waals surface area contributed by atoms with Crippen molar-refractivity contribution in [1.29, 1.82) is 5.41 Å². The molecule has 152 valence electrons. The second kappa shape index (κ2) is 10.5. The summed E-state index contributed by atoms with van der Waals surface area (Å²) in [6.45, 7) is 4.40. The van der Waals surface area contributed by atoms with Crippen molar-refractivity contribution in [3.05, 3.63) is 64.7 Å². The molecule has 0 radical (unpaired) electrons. The Labute approximate surface area is 178 Å². The van der Waals surface area contributed by atoms with Gasteiger partial charge in [-0.3, -0.25) is 10.2 Å². The second-order valence-corrected chi connectivity index (χ2v) is 7.00. The molecule has 1 heterocycles. The summed E-state index contributed by atoms with van der Waals surface area (Å²) >= 11 is 0. The van der Waals surface area contributed by atoms with Gasteiger partial charge < -0.3 is 16.0 Å². The lowest BCUT2D eigenvalue weighted by Gasteiger charge is -2.16. The highest BCUT2D eigenvalue weighted by molar-refractivity contribution is 5.96. The summed E-state index contributed by atoms with van der Waals surface area (Å²) in [5, 5.41) is 10.8. The largest absolute Gasteiger partial charge is 0.384 e. The molecule has 29 heavy (non-hydrogen) atoms. The average Bonchev–Trinajstić information content (AvgIpc) is 3.22. The summed E-state index contributed by atoms with van der Waals surface area (Å²) in [6.07, 6.45) is 2.89. The number of likely N-dealkylation sites (tertiary alicyclic amines) is 1. The zero-order valence-electron chi connectivity index (χ0n) is 16.6. The smallest absolute Gasteiger partial charge is 0.254 e. The van der Waals surface area contributed by atoms with E-state index in [9.17, 15) is 4.79 Å². The van der Waals surface area contributed by atoms with Crippen molar-refractivity contribution in [2.24, 2.45) is 5.73 Å². The van der Waals surface area contributed by atoms with Crippen LogP contribution in [-0.2, 0) is 0 Å². The molecule has 2 aromatic carbocycles. The van der Waals surface area contributed by atoms with E-state index in [0.29, 0.717) is 18.5 Å². The van der Waals surface area contributed by atoms with Crippen LogP contribution in [0.3, 0.4) is 0 Å². The van der Waals surface area contributed by atoms with Gasteiger partial charge in [0.05, 0.1) is 0 Å². The highest BCUT2D eigenvalue weighted by Crippen LogP contribution is 2.17. The van der Waals surface area contributed by atoms with E-state index in [4.69, 9.17) is 11.1 Å². The number of carbonyl (C=O) groups is 1. The number of amidine groups is 1. The maximum atomic E-state index is 12.5. The summed E-state index contributed by atoms with van der Waals surface area (Å²) in [5.41, 5.74) is 9.82. The predicted octanol–water partition coefficient (Wildman–Crippen LogP) is 3.79. The third-order valence-corrected chi connectivity index (χ3v) is 4.84. The number of hydrogen-bond acceptors (Lipinski definition) is 3. The number of hydrogen-bond donors (Lipinski definition) is 3. The highest BCUT2D eigenvalue weighted by atomic mass is 35.5. The molecule has 1 fully saturated rings. The van der Waals surface area contributed by atoms with Crippen molar-refractivity contribution in [3.63, 3.8) is 0 Å². The van der Waals surface area contributed by atoms with Crippen LogP contribution in [0, 0.1) is 24.2 Å². The standard InChI is InChI=1S/C23H26N4O.ClH/c1-17-15-18(10-11-21(17)23(28)27-13-4-5-14-27)7-2-3-12-26-20-9-6-8-19(16-20)22(24)25;/h6,8-11,15-16,26H,3-5,12-14H2,1H3,(H3,24,25);1H. The number of carbonyl (C=O) groups excluding carboxylic acids is 1. The molecule has 0 aliphatic carbocycles. The maximum Gasteiger partial charge on any atom is 0.254 e. The third kappa shape index (κ3) is 6.00. The molecule has 1 aliphatic rings. The van der Waals surface area contributed by atoms with Crippen molar-refractivity contribution in [1.82, 2.24) is 4.90 Å². The molecule has 2 aromatic rings. The van der Waals surface area contributed by atoms with Crippen LogP contribution in [0.1, 0.15) is 46.3 Å². The second-order valence-electron chi connectivity index (χ2n) is 7.00. The minimum absolute atomic E-state index is 0. The van der Waals surface area contributed by atoms with Crippen LogP contribution >= 0.6 is 12.4 Å². The molecule has 4 N–H and O–H groups in total. The van der Waals surface area contributed by atoms with E-state index in [1.54, 1.807) is 0 Å². The topological polar surface area (TPSA) is 82.2 Å². The van der Waals surface area contributed by atoms with Gasteiger partial charge in [0, 0.05) is 48.4 Å². The van der Waals surface area contributed by atoms with Gasteiger partial charge in [-0.05, 0) is 55.7 Å². The van der Waals surface area contributed by atoms with Crippen LogP contribution in [0.4, 0.5) is 5.69 Å². The minimum atomic E-state index is 0. The zero-order chi connectivity index (χ0) is 19.9. The van der Waals surface area contributed by atoms with Crippen molar-refractivity contribution >= 4 is 29.8 Å². The van der Waals surface area contributed by atoms with E-state index in [1.165, 1.54) is 0 Å². The summed E-state index contributed by atoms with van der Waals surface area (Å²) in [7, 11) is 0. The Morgan fingerprint density at radius 3 is 2.66 bits per heavy atom. The summed E-state index contributed by atoms with van der Waals surface area (Å²) < 4.78 is 0. The lowest BCUT2D eigenvalue weighted by molar-refractivity contribution is 0.0792. The Morgan fingerprint density at radius 2 is 1.97 bits per heavy atom. The zero-order valence-corrected chi connectivity index (χ0v) is 17.4. The molecular formula is C23H27ClN4O. The molecule has 0 spiro atoms. The van der Waals surface area contributed by atoms with E-state index in [1.807, 2.05) is 54.3 Å². The fourth-order valence-corrected chi connectivity index (χ4v) is 3.30. The average molecular weight is 411 g/mol. The molecule has 1 saturated heterocycles. The number of rotatable bonds is 5. The number of nitrogens with two attached hydrogens (primary N) is 1. The van der Waals surface area contributed by atoms with Crippen molar-refractivity contribution in [3.8, 4) is 11.8 Å². The number of nitrogen functional groups attached to an aromatic ring is 1. The number of benzene rings is 2. The van der Waals surface area contributed by atoms with Crippen LogP contribution in [-0.4, -0.2) is 36.3 Å². The molecule has 1 aliphatic heterocycles. The van der Waals surface area contributed by atoms with E-state index in [0.717, 1.165) is 48.3 Å². The molecule has 0 unspecified atom stereocenters. The van der Waals surface area contributed by atoms with Gasteiger partial charge in [0.1, 0.15) is 5.84 Å². The molecule has 6 heteroatoms. The van der Waals surface area contributed by atoms with Gasteiger partial charge in [-0.1, -0.05) is 24.0 Å². The van der Waals surface area contributed by atoms with Crippen molar-refractivity contribution < 1.29 is 4.79 Å². The first-order valence-corrected chi connectivity index (χ1v) is 9.62. The number of nitrogens with zero attached hydrogens (tertiary/aromatic N) is 1. The first kappa shape index (κ1) is 22.3. The number of aryl methyl sites for hydroxylation is 1. The van der Waals surface area contributed by atoms with Crippen LogP contribution in [0.2, 0.25) is 0 Å². The van der Waals surface area contributed by atoms with E-state index in [-0.39, 0.29) is 24.1 Å². The molecule has 0 atom stereocenters. The Morgan fingerprint density at radius 1 is 1.21 bits per heavy atom. The number of amides is 1. The van der Waals surface area contributed by atoms with Gasteiger partial charge in [0.15, 0.2) is 0 Å². The Bertz CT molecular complexity index is 939. The number of halogens is 1. The maximum absolute atomic E-state index is 12.5. The predicted molar refractivity (Wildman–Crippen MR) is 121 cm³/mol. The first-order chi connectivity index (χ1) is 13.5. The molecular weight excluding hydrogens is 384 g/mol. The van der Waals surface area contributed by atoms with Gasteiger partial charge in [0.2, 0.25) is 0 Å². The van der Waals surface area contributed by atoms with E-state index >= 15 is 0 Å². The van der Waals surface area contributed by atoms with Crippen LogP contribution in [0.5, 0.6) is 0 Å². The summed E-state index contributed by atoms with van der Waals surface area (Å²) in [4.78, 5) is 14.5. The lowest BCUT2D eigenvalue weighted by Crippen LogP contribution is -2.28. The fraction of sp³-hybridized carbons (Fsp3) is 0.304. The van der Waals surface area contributed by atoms with E-state index in [2.05, 4.69) is 17.2 Å². The third-order valence-electron chi connectivity index (χ3n) is 4.84. The molecule has 5 nitrogen and oxygen atoms in total. The number of anilines is 1. The highest BCUT2D eigenvalue weighted by Gasteiger charge is 2.20. The van der Waals surface area contributed by atoms with Crippen molar-refractivity contribution in [2.45, 2.75) is 26.2 Å². The summed E-state index contributed by atoms with van der Waals surface area (Å²) in [5.74, 6) is 6.53. The van der Waals surface area contributed by atoms with Gasteiger partial charge >= 0.3 is 0 Å². The Kier molecular flexibility index (Phi) is 8.11. The summed E-state index contributed by atoms with van der Waals surface area (Å²) in [6, 6.07) is 13.3. The normalized spacial score (nSPS) is 12.5. The first-order valence-electron chi connectivity index (χ1n) is 9.62. The Balaban J connectivity index is 0.00000300. The SMILES string of the molecule is Cc1cc(C#CCCNc2cccc(C(=N)N)c2)ccc1C(=O)N1CCCC1.Cl. The van der Waals surface area contributed by atoms with Gasteiger partial charge in [0.25, 0.3) is 5.91 Å². The van der Waals surface area contributed by atoms with Crippen LogP contribution in [0.25, 0.3) is 0 Å². The molecule has 3 rings (SSSR count). The lowest BCUT2D eigenvalue weighted by atomic mass is 10.0. The molecule has 0 bridgehead atoms. The fourth-order valence-electron chi connectivity index (χ4n) is 3.30. The Hall–Kier alpha value is -2.97. The van der Waals surface area contributed by atoms with Gasteiger partial charge in [-0.2, -0.15) is 0 Å². The number of nitrogens with one attached hydrogen (secondary N) is 2. The molecule has 0 saturated carbocycles. The van der Waals surface area contributed by atoms with Gasteiger partial charge in [-0.15, -0.1) is 12.4 Å². The van der Waals surface area contributed by atoms with Crippen LogP contribution < -0.4 is 11.1 Å². The minimum Gasteiger partial charge on any atom is -0.384 e. The monoisotopic (exact) mass is 410 g/mol. The molecule has 0 aromatic heterocycles. The van der Waals surface area contributed by atoms with Gasteiger partial charge in [-0.25, -0.2) is 0 Å². The molecule has 1 amide bonds. The quantitative estimate of drug-likeness (QED) is 0.303. The van der Waals surface area contributed by atoms with Crippen molar-refractivity contribution in [2.75, 3.05) is 25.0 Å².